The molecule has 2 aliphatic rings. The van der Waals surface area contributed by atoms with Gasteiger partial charge < -0.3 is 10.1 Å². The van der Waals surface area contributed by atoms with Crippen LogP contribution in [-0.4, -0.2) is 39.3 Å². The van der Waals surface area contributed by atoms with Gasteiger partial charge in [0.1, 0.15) is 23.1 Å². The minimum atomic E-state index is -0.450. The Hall–Kier alpha value is -3.49. The second-order valence-electron chi connectivity index (χ2n) is 7.31. The average molecular weight is 395 g/mol. The molecule has 0 radical (unpaired) electrons. The van der Waals surface area contributed by atoms with Gasteiger partial charge in [0, 0.05) is 25.7 Å². The quantitative estimate of drug-likeness (QED) is 0.822. The third-order valence-electron chi connectivity index (χ3n) is 5.31. The van der Waals surface area contributed by atoms with Crippen molar-refractivity contribution in [2.45, 2.75) is 32.6 Å². The van der Waals surface area contributed by atoms with E-state index in [1.54, 1.807) is 24.3 Å². The largest absolute Gasteiger partial charge is 0.456 e. The fourth-order valence-corrected chi connectivity index (χ4v) is 3.63. The SMILES string of the molecule is CC(=O)Nc1cc(Oc2ccc(NC(=O)N3CCC4(CCC4)C3=O)nc2)ccn1. The Balaban J connectivity index is 1.36. The third kappa shape index (κ3) is 3.89. The highest BCUT2D eigenvalue weighted by Crippen LogP contribution is 2.49. The van der Waals surface area contributed by atoms with Crippen LogP contribution in [0.4, 0.5) is 16.4 Å². The molecule has 1 saturated heterocycles. The summed E-state index contributed by atoms with van der Waals surface area (Å²) in [4.78, 5) is 45.5. The molecule has 1 saturated carbocycles. The number of carbonyl (C=O) groups is 3. The van der Waals surface area contributed by atoms with Gasteiger partial charge in [-0.3, -0.25) is 19.8 Å². The van der Waals surface area contributed by atoms with Crippen LogP contribution in [0.1, 0.15) is 32.6 Å². The summed E-state index contributed by atoms with van der Waals surface area (Å²) < 4.78 is 5.70. The molecule has 150 valence electrons. The van der Waals surface area contributed by atoms with Gasteiger partial charge in [-0.1, -0.05) is 6.42 Å². The highest BCUT2D eigenvalue weighted by Gasteiger charge is 2.52. The zero-order chi connectivity index (χ0) is 20.4. The Bertz CT molecular complexity index is 956. The van der Waals surface area contributed by atoms with E-state index in [1.165, 1.54) is 24.2 Å². The first-order valence-corrected chi connectivity index (χ1v) is 9.46. The molecule has 0 unspecified atom stereocenters. The number of carbonyl (C=O) groups excluding carboxylic acids is 3. The molecule has 2 aromatic heterocycles. The molecule has 9 heteroatoms. The number of anilines is 2. The number of imide groups is 1. The standard InChI is InChI=1S/C20H21N5O4/c1-13(26)23-17-11-14(5-9-21-17)29-15-3-4-16(22-12-15)24-19(28)25-10-8-20(18(25)27)6-2-7-20/h3-5,9,11-12H,2,6-8,10H2,1H3,(H,21,23,26)(H,22,24,28). The van der Waals surface area contributed by atoms with Gasteiger partial charge in [-0.05, 0) is 37.5 Å². The molecular weight excluding hydrogens is 374 g/mol. The van der Waals surface area contributed by atoms with Gasteiger partial charge in [-0.15, -0.1) is 0 Å². The van der Waals surface area contributed by atoms with Gasteiger partial charge >= 0.3 is 6.03 Å². The number of likely N-dealkylation sites (tertiary alicyclic amines) is 1. The summed E-state index contributed by atoms with van der Waals surface area (Å²) in [6.45, 7) is 1.85. The van der Waals surface area contributed by atoms with Gasteiger partial charge in [0.05, 0.1) is 11.6 Å². The number of nitrogens with one attached hydrogen (secondary N) is 2. The van der Waals surface area contributed by atoms with E-state index >= 15 is 0 Å². The normalized spacial score (nSPS) is 17.0. The predicted octanol–water partition coefficient (Wildman–Crippen LogP) is 3.16. The van der Waals surface area contributed by atoms with Crippen LogP contribution < -0.4 is 15.4 Å². The van der Waals surface area contributed by atoms with E-state index in [0.29, 0.717) is 29.7 Å². The van der Waals surface area contributed by atoms with Crippen molar-refractivity contribution in [1.29, 1.82) is 0 Å². The zero-order valence-corrected chi connectivity index (χ0v) is 16.0. The molecule has 1 aliphatic carbocycles. The van der Waals surface area contributed by atoms with Crippen molar-refractivity contribution in [2.24, 2.45) is 5.41 Å². The van der Waals surface area contributed by atoms with E-state index in [-0.39, 0.29) is 17.2 Å². The van der Waals surface area contributed by atoms with E-state index in [9.17, 15) is 14.4 Å². The number of nitrogens with zero attached hydrogens (tertiary/aromatic N) is 3. The number of amides is 4. The van der Waals surface area contributed by atoms with Crippen LogP contribution in [-0.2, 0) is 9.59 Å². The van der Waals surface area contributed by atoms with E-state index in [1.807, 2.05) is 0 Å². The molecule has 9 nitrogen and oxygen atoms in total. The van der Waals surface area contributed by atoms with Crippen LogP contribution in [0, 0.1) is 5.41 Å². The lowest BCUT2D eigenvalue weighted by molar-refractivity contribution is -0.137. The minimum absolute atomic E-state index is 0.0751. The van der Waals surface area contributed by atoms with Gasteiger partial charge in [0.25, 0.3) is 0 Å². The van der Waals surface area contributed by atoms with Crippen LogP contribution in [0.25, 0.3) is 0 Å². The average Bonchev–Trinajstić information content (AvgIpc) is 3.01. The monoisotopic (exact) mass is 395 g/mol. The van der Waals surface area contributed by atoms with Gasteiger partial charge in [-0.25, -0.2) is 14.8 Å². The van der Waals surface area contributed by atoms with Crippen molar-refractivity contribution < 1.29 is 19.1 Å². The molecule has 0 aromatic carbocycles. The first-order valence-electron chi connectivity index (χ1n) is 9.46. The Morgan fingerprint density at radius 3 is 2.52 bits per heavy atom. The Labute approximate surface area is 167 Å². The van der Waals surface area contributed by atoms with E-state index in [4.69, 9.17) is 4.74 Å². The summed E-state index contributed by atoms with van der Waals surface area (Å²) >= 11 is 0. The lowest BCUT2D eigenvalue weighted by Gasteiger charge is -2.35. The van der Waals surface area contributed by atoms with E-state index in [0.717, 1.165) is 25.7 Å². The maximum Gasteiger partial charge on any atom is 0.329 e. The fourth-order valence-electron chi connectivity index (χ4n) is 3.63. The van der Waals surface area contributed by atoms with Crippen LogP contribution in [0.2, 0.25) is 0 Å². The highest BCUT2D eigenvalue weighted by molar-refractivity contribution is 6.04. The Morgan fingerprint density at radius 2 is 1.90 bits per heavy atom. The number of urea groups is 1. The second kappa shape index (κ2) is 7.50. The highest BCUT2D eigenvalue weighted by atomic mass is 16.5. The van der Waals surface area contributed by atoms with Gasteiger partial charge in [-0.2, -0.15) is 0 Å². The zero-order valence-electron chi connectivity index (χ0n) is 16.0. The van der Waals surface area contributed by atoms with Gasteiger partial charge in [0.15, 0.2) is 0 Å². The fraction of sp³-hybridized carbons (Fsp3) is 0.350. The second-order valence-corrected chi connectivity index (χ2v) is 7.31. The summed E-state index contributed by atoms with van der Waals surface area (Å²) in [5, 5.41) is 5.24. The molecular formula is C20H21N5O4. The predicted molar refractivity (Wildman–Crippen MR) is 104 cm³/mol. The molecule has 2 N–H and O–H groups in total. The van der Waals surface area contributed by atoms with Crippen molar-refractivity contribution in [2.75, 3.05) is 17.2 Å². The summed E-state index contributed by atoms with van der Waals surface area (Å²) in [7, 11) is 0. The van der Waals surface area contributed by atoms with E-state index in [2.05, 4.69) is 20.6 Å². The summed E-state index contributed by atoms with van der Waals surface area (Å²) in [6, 6.07) is 6.04. The Kier molecular flexibility index (Phi) is 4.87. The first kappa shape index (κ1) is 18.9. The number of hydrogen-bond acceptors (Lipinski definition) is 6. The van der Waals surface area contributed by atoms with Crippen molar-refractivity contribution >= 4 is 29.5 Å². The molecule has 29 heavy (non-hydrogen) atoms. The molecule has 1 aliphatic heterocycles. The summed E-state index contributed by atoms with van der Waals surface area (Å²) in [6.07, 6.45) is 6.52. The van der Waals surface area contributed by atoms with Crippen LogP contribution in [0.5, 0.6) is 11.5 Å². The number of pyridine rings is 2. The van der Waals surface area contributed by atoms with E-state index < -0.39 is 6.03 Å². The van der Waals surface area contributed by atoms with Crippen molar-refractivity contribution in [1.82, 2.24) is 14.9 Å². The lowest BCUT2D eigenvalue weighted by Crippen LogP contribution is -2.43. The molecule has 4 rings (SSSR count). The van der Waals surface area contributed by atoms with Crippen molar-refractivity contribution in [3.8, 4) is 11.5 Å². The molecule has 4 amide bonds. The molecule has 1 spiro atoms. The number of rotatable bonds is 4. The van der Waals surface area contributed by atoms with Crippen LogP contribution in [0.15, 0.2) is 36.7 Å². The Morgan fingerprint density at radius 1 is 1.07 bits per heavy atom. The number of ether oxygens (including phenoxy) is 1. The molecule has 2 aromatic rings. The van der Waals surface area contributed by atoms with Crippen LogP contribution in [0.3, 0.4) is 0 Å². The number of aromatic nitrogens is 2. The minimum Gasteiger partial charge on any atom is -0.456 e. The molecule has 0 bridgehead atoms. The maximum absolute atomic E-state index is 12.5. The molecule has 0 atom stereocenters. The van der Waals surface area contributed by atoms with Crippen LogP contribution >= 0.6 is 0 Å². The van der Waals surface area contributed by atoms with Crippen molar-refractivity contribution in [3.63, 3.8) is 0 Å². The topological polar surface area (TPSA) is 114 Å². The van der Waals surface area contributed by atoms with Gasteiger partial charge in [0.2, 0.25) is 11.8 Å². The molecule has 2 fully saturated rings. The van der Waals surface area contributed by atoms with Crippen molar-refractivity contribution in [3.05, 3.63) is 36.7 Å². The first-order chi connectivity index (χ1) is 13.9. The summed E-state index contributed by atoms with van der Waals surface area (Å²) in [5.41, 5.74) is -0.302. The number of hydrogen-bond donors (Lipinski definition) is 2. The summed E-state index contributed by atoms with van der Waals surface area (Å²) in [5.74, 6) is 1.35. The lowest BCUT2D eigenvalue weighted by atomic mass is 9.68. The maximum atomic E-state index is 12.5. The third-order valence-corrected chi connectivity index (χ3v) is 5.31. The smallest absolute Gasteiger partial charge is 0.329 e. The molecule has 3 heterocycles.